The number of amides is 2. The zero-order valence-corrected chi connectivity index (χ0v) is 19.6. The predicted molar refractivity (Wildman–Crippen MR) is 118 cm³/mol. The van der Waals surface area contributed by atoms with Crippen LogP contribution in [-0.2, 0) is 17.1 Å². The van der Waals surface area contributed by atoms with Crippen molar-refractivity contribution >= 4 is 11.8 Å². The average Bonchev–Trinajstić information content (AvgIpc) is 3.28. The molecule has 1 aromatic carbocycles. The second-order valence-corrected chi connectivity index (χ2v) is 9.41. The highest BCUT2D eigenvalue weighted by molar-refractivity contribution is 5.94. The first kappa shape index (κ1) is 27.3. The number of nitrogens with zero attached hydrogens (tertiary/aromatic N) is 1. The molecule has 2 aliphatic rings. The van der Waals surface area contributed by atoms with Crippen LogP contribution in [0.5, 0.6) is 0 Å². The topological polar surface area (TPSA) is 61.4 Å². The van der Waals surface area contributed by atoms with Gasteiger partial charge in [-0.15, -0.1) is 0 Å². The largest absolute Gasteiger partial charge is 0.416 e. The van der Waals surface area contributed by atoms with Gasteiger partial charge in [0, 0.05) is 24.2 Å². The van der Waals surface area contributed by atoms with Gasteiger partial charge in [0.05, 0.1) is 17.7 Å². The number of hydrogen-bond acceptors (Lipinski definition) is 3. The summed E-state index contributed by atoms with van der Waals surface area (Å²) in [6, 6.07) is 0.874. The number of hydrogen-bond donors (Lipinski definition) is 2. The van der Waals surface area contributed by atoms with E-state index >= 15 is 0 Å². The average molecular weight is 508 g/mol. The van der Waals surface area contributed by atoms with Gasteiger partial charge in [0.15, 0.2) is 0 Å². The normalized spacial score (nSPS) is 23.4. The Bertz CT molecular complexity index is 862. The van der Waals surface area contributed by atoms with Gasteiger partial charge in [0.2, 0.25) is 5.91 Å². The van der Waals surface area contributed by atoms with Crippen LogP contribution in [-0.4, -0.2) is 48.4 Å². The van der Waals surface area contributed by atoms with Gasteiger partial charge in [0.25, 0.3) is 5.91 Å². The minimum absolute atomic E-state index is 0.00581. The minimum Gasteiger partial charge on any atom is -0.349 e. The molecule has 0 aromatic heterocycles. The molecular weight excluding hydrogens is 476 g/mol. The van der Waals surface area contributed by atoms with Crippen LogP contribution in [0.2, 0.25) is 0 Å². The molecule has 2 fully saturated rings. The molecule has 0 spiro atoms. The molecule has 1 saturated carbocycles. The van der Waals surface area contributed by atoms with Crippen molar-refractivity contribution in [3.63, 3.8) is 0 Å². The van der Waals surface area contributed by atoms with Crippen LogP contribution in [0.15, 0.2) is 18.2 Å². The van der Waals surface area contributed by atoms with Gasteiger partial charge in [-0.1, -0.05) is 6.92 Å². The summed E-state index contributed by atoms with van der Waals surface area (Å²) in [6.07, 6.45) is -4.44. The number of likely N-dealkylation sites (tertiary alicyclic amines) is 1. The number of nitrogens with one attached hydrogen (secondary N) is 2. The highest BCUT2D eigenvalue weighted by atomic mass is 19.4. The molecule has 1 aliphatic heterocycles. The van der Waals surface area contributed by atoms with E-state index in [0.29, 0.717) is 37.6 Å². The first-order valence-electron chi connectivity index (χ1n) is 12.0. The van der Waals surface area contributed by atoms with Crippen molar-refractivity contribution < 1.29 is 35.9 Å². The minimum atomic E-state index is -5.00. The molecule has 1 atom stereocenters. The summed E-state index contributed by atoms with van der Waals surface area (Å²) >= 11 is 0. The molecular formula is C24H31F6N3O2. The van der Waals surface area contributed by atoms with Crippen molar-refractivity contribution in [1.82, 2.24) is 15.5 Å². The Kier molecular flexibility index (Phi) is 8.72. The molecule has 0 radical (unpaired) electrons. The molecule has 11 heteroatoms. The maximum absolute atomic E-state index is 13.0. The molecule has 2 amide bonds. The van der Waals surface area contributed by atoms with Gasteiger partial charge < -0.3 is 15.5 Å². The summed E-state index contributed by atoms with van der Waals surface area (Å²) in [4.78, 5) is 26.8. The molecule has 2 N–H and O–H groups in total. The lowest BCUT2D eigenvalue weighted by atomic mass is 9.86. The van der Waals surface area contributed by atoms with Crippen molar-refractivity contribution in [3.05, 3.63) is 34.9 Å². The van der Waals surface area contributed by atoms with E-state index in [4.69, 9.17) is 0 Å². The Morgan fingerprint density at radius 2 is 1.54 bits per heavy atom. The first-order chi connectivity index (χ1) is 16.4. The fourth-order valence-electron chi connectivity index (χ4n) is 4.94. The van der Waals surface area contributed by atoms with E-state index in [1.807, 2.05) is 4.90 Å². The number of rotatable bonds is 7. The molecule has 1 aliphatic carbocycles. The van der Waals surface area contributed by atoms with E-state index in [1.54, 1.807) is 0 Å². The number of carbonyl (C=O) groups excluding carboxylic acids is 2. The second kappa shape index (κ2) is 11.2. The van der Waals surface area contributed by atoms with E-state index in [9.17, 15) is 35.9 Å². The van der Waals surface area contributed by atoms with Crippen LogP contribution in [0.4, 0.5) is 26.3 Å². The Hall–Kier alpha value is -2.30. The fourth-order valence-corrected chi connectivity index (χ4v) is 4.94. The lowest BCUT2D eigenvalue weighted by molar-refractivity contribution is -0.143. The molecule has 35 heavy (non-hydrogen) atoms. The van der Waals surface area contributed by atoms with Gasteiger partial charge in [0.1, 0.15) is 0 Å². The SMILES string of the molecule is CCC1CCCN1C(=O)CNCC1CCC(NC(=O)c2cc(C(F)(F)F)cc(C(F)(F)F)c2)CC1. The van der Waals surface area contributed by atoms with Crippen LogP contribution in [0.25, 0.3) is 0 Å². The molecule has 1 saturated heterocycles. The maximum atomic E-state index is 13.0. The smallest absolute Gasteiger partial charge is 0.349 e. The number of carbonyl (C=O) groups is 2. The number of halogens is 6. The highest BCUT2D eigenvalue weighted by Gasteiger charge is 2.38. The van der Waals surface area contributed by atoms with Gasteiger partial charge >= 0.3 is 12.4 Å². The highest BCUT2D eigenvalue weighted by Crippen LogP contribution is 2.36. The van der Waals surface area contributed by atoms with E-state index in [-0.39, 0.29) is 30.5 Å². The standard InChI is InChI=1S/C24H31F6N3O2/c1-2-20-4-3-9-33(20)21(34)14-31-13-15-5-7-19(8-6-15)32-22(35)16-10-17(23(25,26)27)12-18(11-16)24(28,29)30/h10-12,15,19-20,31H,2-9,13-14H2,1H3,(H,32,35). The molecule has 1 heterocycles. The summed E-state index contributed by atoms with van der Waals surface area (Å²) in [5, 5.41) is 5.79. The number of alkyl halides is 6. The summed E-state index contributed by atoms with van der Waals surface area (Å²) in [6.45, 7) is 3.77. The lowest BCUT2D eigenvalue weighted by Gasteiger charge is -2.30. The Morgan fingerprint density at radius 1 is 0.943 bits per heavy atom. The van der Waals surface area contributed by atoms with Crippen LogP contribution in [0.1, 0.15) is 73.4 Å². The third kappa shape index (κ3) is 7.35. The second-order valence-electron chi connectivity index (χ2n) is 9.41. The first-order valence-corrected chi connectivity index (χ1v) is 12.0. The third-order valence-electron chi connectivity index (χ3n) is 6.91. The Balaban J connectivity index is 1.48. The lowest BCUT2D eigenvalue weighted by Crippen LogP contribution is -2.43. The summed E-state index contributed by atoms with van der Waals surface area (Å²) in [5.74, 6) is -0.582. The Labute approximate surface area is 200 Å². The Morgan fingerprint density at radius 3 is 2.09 bits per heavy atom. The van der Waals surface area contributed by atoms with Gasteiger partial charge in [-0.05, 0) is 75.6 Å². The zero-order chi connectivity index (χ0) is 25.8. The van der Waals surface area contributed by atoms with Crippen molar-refractivity contribution in [1.29, 1.82) is 0 Å². The van der Waals surface area contributed by atoms with Crippen LogP contribution in [0, 0.1) is 5.92 Å². The van der Waals surface area contributed by atoms with Crippen molar-refractivity contribution in [2.75, 3.05) is 19.6 Å². The number of benzene rings is 1. The monoisotopic (exact) mass is 507 g/mol. The summed E-state index contributed by atoms with van der Waals surface area (Å²) in [5.41, 5.74) is -3.69. The fraction of sp³-hybridized carbons (Fsp3) is 0.667. The maximum Gasteiger partial charge on any atom is 0.416 e. The van der Waals surface area contributed by atoms with Crippen LogP contribution in [0.3, 0.4) is 0 Å². The van der Waals surface area contributed by atoms with Gasteiger partial charge in [-0.3, -0.25) is 9.59 Å². The molecule has 0 bridgehead atoms. The van der Waals surface area contributed by atoms with Crippen LogP contribution >= 0.6 is 0 Å². The van der Waals surface area contributed by atoms with Crippen LogP contribution < -0.4 is 10.6 Å². The summed E-state index contributed by atoms with van der Waals surface area (Å²) < 4.78 is 78.3. The van der Waals surface area contributed by atoms with E-state index < -0.39 is 35.0 Å². The zero-order valence-electron chi connectivity index (χ0n) is 19.6. The third-order valence-corrected chi connectivity index (χ3v) is 6.91. The van der Waals surface area contributed by atoms with Gasteiger partial charge in [-0.2, -0.15) is 26.3 Å². The van der Waals surface area contributed by atoms with E-state index in [2.05, 4.69) is 17.6 Å². The van der Waals surface area contributed by atoms with E-state index in [1.165, 1.54) is 0 Å². The van der Waals surface area contributed by atoms with Crippen molar-refractivity contribution in [3.8, 4) is 0 Å². The molecule has 196 valence electrons. The summed E-state index contributed by atoms with van der Waals surface area (Å²) in [7, 11) is 0. The molecule has 1 aromatic rings. The molecule has 1 unspecified atom stereocenters. The van der Waals surface area contributed by atoms with Crippen molar-refractivity contribution in [2.45, 2.75) is 76.3 Å². The predicted octanol–water partition coefficient (Wildman–Crippen LogP) is 5.00. The van der Waals surface area contributed by atoms with Gasteiger partial charge in [-0.25, -0.2) is 0 Å². The quantitative estimate of drug-likeness (QED) is 0.511. The molecule has 3 rings (SSSR count). The van der Waals surface area contributed by atoms with E-state index in [0.717, 1.165) is 38.6 Å². The molecule has 5 nitrogen and oxygen atoms in total. The van der Waals surface area contributed by atoms with Crippen molar-refractivity contribution in [2.24, 2.45) is 5.92 Å².